The Bertz CT molecular complexity index is 514. The van der Waals surface area contributed by atoms with E-state index in [0.29, 0.717) is 5.52 Å². The van der Waals surface area contributed by atoms with Gasteiger partial charge in [-0.25, -0.2) is 4.39 Å². The number of nitrogens with two attached hydrogens (primary N) is 1. The van der Waals surface area contributed by atoms with Crippen molar-refractivity contribution < 1.29 is 4.39 Å². The molecule has 5 heteroatoms. The van der Waals surface area contributed by atoms with Gasteiger partial charge in [0, 0.05) is 12.4 Å². The zero-order valence-corrected chi connectivity index (χ0v) is 10.3. The van der Waals surface area contributed by atoms with Gasteiger partial charge in [-0.3, -0.25) is 4.68 Å². The van der Waals surface area contributed by atoms with Crippen LogP contribution in [0.1, 0.15) is 19.5 Å². The van der Waals surface area contributed by atoms with E-state index >= 15 is 0 Å². The number of para-hydroxylation sites is 1. The zero-order valence-electron chi connectivity index (χ0n) is 9.49. The van der Waals surface area contributed by atoms with Crippen LogP contribution in [0, 0.1) is 5.82 Å². The molecule has 0 aliphatic heterocycles. The second kappa shape index (κ2) is 4.03. The molecule has 1 heterocycles. The lowest BCUT2D eigenvalue weighted by atomic mass is 9.99. The summed E-state index contributed by atoms with van der Waals surface area (Å²) in [4.78, 5) is 0. The summed E-state index contributed by atoms with van der Waals surface area (Å²) >= 11 is 0. The molecule has 0 saturated carbocycles. The van der Waals surface area contributed by atoms with Crippen LogP contribution in [-0.2, 0) is 12.6 Å². The predicted octanol–water partition coefficient (Wildman–Crippen LogP) is 2.33. The van der Waals surface area contributed by atoms with Crippen molar-refractivity contribution in [3.8, 4) is 0 Å². The third-order valence-corrected chi connectivity index (χ3v) is 2.43. The molecular formula is C11H15ClFN3. The highest BCUT2D eigenvalue weighted by atomic mass is 35.5. The van der Waals surface area contributed by atoms with Gasteiger partial charge in [0.15, 0.2) is 0 Å². The van der Waals surface area contributed by atoms with Gasteiger partial charge >= 0.3 is 0 Å². The van der Waals surface area contributed by atoms with E-state index in [2.05, 4.69) is 5.10 Å². The lowest BCUT2D eigenvalue weighted by Gasteiger charge is -2.15. The first-order chi connectivity index (χ1) is 6.91. The summed E-state index contributed by atoms with van der Waals surface area (Å²) in [5.41, 5.74) is 6.65. The van der Waals surface area contributed by atoms with Gasteiger partial charge < -0.3 is 5.73 Å². The highest BCUT2D eigenvalue weighted by molar-refractivity contribution is 5.85. The molecule has 0 radical (unpaired) electrons. The first-order valence-corrected chi connectivity index (χ1v) is 4.82. The molecule has 0 fully saturated rings. The second-order valence-corrected chi connectivity index (χ2v) is 4.33. The van der Waals surface area contributed by atoms with Crippen molar-refractivity contribution >= 4 is 23.3 Å². The Labute approximate surface area is 99.8 Å². The summed E-state index contributed by atoms with van der Waals surface area (Å²) in [5, 5.41) is 5.06. The number of aromatic nitrogens is 2. The van der Waals surface area contributed by atoms with Crippen LogP contribution in [-0.4, -0.2) is 9.78 Å². The Morgan fingerprint density at radius 1 is 1.38 bits per heavy atom. The van der Waals surface area contributed by atoms with Gasteiger partial charge in [0.1, 0.15) is 11.3 Å². The minimum atomic E-state index is -0.562. The van der Waals surface area contributed by atoms with Crippen molar-refractivity contribution in [3.63, 3.8) is 0 Å². The van der Waals surface area contributed by atoms with E-state index in [1.54, 1.807) is 13.1 Å². The maximum absolute atomic E-state index is 13.5. The Morgan fingerprint density at radius 2 is 2.00 bits per heavy atom. The molecule has 88 valence electrons. The molecule has 1 aromatic carbocycles. The second-order valence-electron chi connectivity index (χ2n) is 4.33. The first kappa shape index (κ1) is 12.9. The van der Waals surface area contributed by atoms with Crippen LogP contribution < -0.4 is 5.73 Å². The van der Waals surface area contributed by atoms with E-state index < -0.39 is 5.54 Å². The molecule has 0 saturated heterocycles. The average Bonchev–Trinajstić information content (AvgIpc) is 2.44. The van der Waals surface area contributed by atoms with E-state index in [-0.39, 0.29) is 18.2 Å². The number of rotatable bonds is 1. The van der Waals surface area contributed by atoms with Crippen LogP contribution in [0.15, 0.2) is 18.2 Å². The Morgan fingerprint density at radius 3 is 2.56 bits per heavy atom. The quantitative estimate of drug-likeness (QED) is 0.836. The van der Waals surface area contributed by atoms with Crippen molar-refractivity contribution in [2.24, 2.45) is 12.8 Å². The third kappa shape index (κ3) is 1.90. The normalized spacial score (nSPS) is 11.6. The number of hydrogen-bond acceptors (Lipinski definition) is 2. The van der Waals surface area contributed by atoms with E-state index in [1.807, 2.05) is 19.9 Å². The molecule has 0 aliphatic rings. The lowest BCUT2D eigenvalue weighted by molar-refractivity contribution is 0.527. The van der Waals surface area contributed by atoms with Crippen LogP contribution in [0.2, 0.25) is 0 Å². The molecular weight excluding hydrogens is 229 g/mol. The monoisotopic (exact) mass is 243 g/mol. The molecule has 1 aromatic heterocycles. The molecule has 0 atom stereocenters. The molecule has 0 spiro atoms. The van der Waals surface area contributed by atoms with Gasteiger partial charge in [-0.05, 0) is 19.9 Å². The van der Waals surface area contributed by atoms with Crippen molar-refractivity contribution in [1.29, 1.82) is 0 Å². The molecule has 2 N–H and O–H groups in total. The molecule has 0 amide bonds. The molecule has 2 aromatic rings. The molecule has 0 aliphatic carbocycles. The van der Waals surface area contributed by atoms with E-state index in [0.717, 1.165) is 11.1 Å². The van der Waals surface area contributed by atoms with Crippen LogP contribution >= 0.6 is 12.4 Å². The number of halogens is 2. The topological polar surface area (TPSA) is 43.8 Å². The standard InChI is InChI=1S/C11H14FN3.ClH/c1-11(2,13)10-7-5-4-6-8(12)9(7)15(3)14-10;/h4-6H,13H2,1-3H3;1H. The van der Waals surface area contributed by atoms with Gasteiger partial charge in [-0.2, -0.15) is 5.10 Å². The average molecular weight is 244 g/mol. The molecule has 2 rings (SSSR count). The Kier molecular flexibility index (Phi) is 3.26. The summed E-state index contributed by atoms with van der Waals surface area (Å²) in [6, 6.07) is 4.95. The smallest absolute Gasteiger partial charge is 0.149 e. The predicted molar refractivity (Wildman–Crippen MR) is 65.1 cm³/mol. The van der Waals surface area contributed by atoms with Crippen molar-refractivity contribution in [1.82, 2.24) is 9.78 Å². The number of nitrogens with zero attached hydrogens (tertiary/aromatic N) is 2. The summed E-state index contributed by atoms with van der Waals surface area (Å²) in [6.07, 6.45) is 0. The fourth-order valence-electron chi connectivity index (χ4n) is 1.77. The number of aryl methyl sites for hydroxylation is 1. The minimum Gasteiger partial charge on any atom is -0.320 e. The maximum Gasteiger partial charge on any atom is 0.149 e. The van der Waals surface area contributed by atoms with Gasteiger partial charge in [0.25, 0.3) is 0 Å². The van der Waals surface area contributed by atoms with Gasteiger partial charge in [-0.15, -0.1) is 12.4 Å². The van der Waals surface area contributed by atoms with Gasteiger partial charge in [0.2, 0.25) is 0 Å². The number of hydrogen-bond donors (Lipinski definition) is 1. The van der Waals surface area contributed by atoms with Crippen molar-refractivity contribution in [3.05, 3.63) is 29.7 Å². The summed E-state index contributed by atoms with van der Waals surface area (Å²) in [5.74, 6) is -0.266. The molecule has 0 unspecified atom stereocenters. The lowest BCUT2D eigenvalue weighted by Crippen LogP contribution is -2.29. The highest BCUT2D eigenvalue weighted by Crippen LogP contribution is 2.26. The molecule has 16 heavy (non-hydrogen) atoms. The zero-order chi connectivity index (χ0) is 11.2. The minimum absolute atomic E-state index is 0. The van der Waals surface area contributed by atoms with Crippen LogP contribution in [0.4, 0.5) is 4.39 Å². The number of fused-ring (bicyclic) bond motifs is 1. The fraction of sp³-hybridized carbons (Fsp3) is 0.364. The van der Waals surface area contributed by atoms with E-state index in [9.17, 15) is 4.39 Å². The Hall–Kier alpha value is -1.13. The van der Waals surface area contributed by atoms with Crippen LogP contribution in [0.5, 0.6) is 0 Å². The van der Waals surface area contributed by atoms with Gasteiger partial charge in [0.05, 0.1) is 11.2 Å². The highest BCUT2D eigenvalue weighted by Gasteiger charge is 2.23. The SMILES string of the molecule is Cl.Cn1nc(C(C)(C)N)c2cccc(F)c21. The van der Waals surface area contributed by atoms with Gasteiger partial charge in [-0.1, -0.05) is 12.1 Å². The summed E-state index contributed by atoms with van der Waals surface area (Å²) < 4.78 is 15.1. The first-order valence-electron chi connectivity index (χ1n) is 4.82. The number of benzene rings is 1. The van der Waals surface area contributed by atoms with E-state index in [1.165, 1.54) is 10.7 Å². The fourth-order valence-corrected chi connectivity index (χ4v) is 1.77. The maximum atomic E-state index is 13.5. The summed E-state index contributed by atoms with van der Waals surface area (Å²) in [6.45, 7) is 3.72. The third-order valence-electron chi connectivity index (χ3n) is 2.43. The van der Waals surface area contributed by atoms with Crippen molar-refractivity contribution in [2.45, 2.75) is 19.4 Å². The summed E-state index contributed by atoms with van der Waals surface area (Å²) in [7, 11) is 1.72. The molecule has 0 bridgehead atoms. The van der Waals surface area contributed by atoms with Crippen LogP contribution in [0.3, 0.4) is 0 Å². The molecule has 3 nitrogen and oxygen atoms in total. The largest absolute Gasteiger partial charge is 0.320 e. The Balaban J connectivity index is 0.00000128. The van der Waals surface area contributed by atoms with E-state index in [4.69, 9.17) is 5.73 Å². The van der Waals surface area contributed by atoms with Crippen LogP contribution in [0.25, 0.3) is 10.9 Å². The van der Waals surface area contributed by atoms with Crippen molar-refractivity contribution in [2.75, 3.05) is 0 Å².